The van der Waals surface area contributed by atoms with Gasteiger partial charge in [0.1, 0.15) is 5.82 Å². The number of hydrogen-bond acceptors (Lipinski definition) is 2. The molecule has 2 saturated carbocycles. The highest BCUT2D eigenvalue weighted by Gasteiger charge is 2.46. The molecule has 0 radical (unpaired) electrons. The number of hydrogen-bond donors (Lipinski definition) is 1. The van der Waals surface area contributed by atoms with Crippen LogP contribution in [0.25, 0.3) is 0 Å². The van der Waals surface area contributed by atoms with E-state index in [1.54, 1.807) is 12.1 Å². The van der Waals surface area contributed by atoms with E-state index in [9.17, 15) is 4.39 Å². The zero-order chi connectivity index (χ0) is 14.3. The van der Waals surface area contributed by atoms with Crippen molar-refractivity contribution in [1.82, 2.24) is 10.2 Å². The first kappa shape index (κ1) is 13.7. The summed E-state index contributed by atoms with van der Waals surface area (Å²) in [6.07, 6.45) is 8.06. The van der Waals surface area contributed by atoms with E-state index in [1.807, 2.05) is 6.07 Å². The van der Waals surface area contributed by atoms with Gasteiger partial charge in [0.15, 0.2) is 0 Å². The molecule has 3 heteroatoms. The van der Waals surface area contributed by atoms with E-state index < -0.39 is 0 Å². The number of benzene rings is 1. The molecular formula is C18H25FN2. The molecule has 1 aromatic carbocycles. The normalized spacial score (nSPS) is 29.1. The van der Waals surface area contributed by atoms with Gasteiger partial charge in [0, 0.05) is 31.2 Å². The summed E-state index contributed by atoms with van der Waals surface area (Å²) in [5.74, 6) is 0.778. The van der Waals surface area contributed by atoms with Crippen LogP contribution < -0.4 is 5.32 Å². The molecule has 1 N–H and O–H groups in total. The topological polar surface area (TPSA) is 15.3 Å². The van der Waals surface area contributed by atoms with Gasteiger partial charge in [0.25, 0.3) is 0 Å². The van der Waals surface area contributed by atoms with Crippen LogP contribution >= 0.6 is 0 Å². The van der Waals surface area contributed by atoms with E-state index in [0.29, 0.717) is 11.6 Å². The molecule has 1 aliphatic heterocycles. The van der Waals surface area contributed by atoms with Crippen LogP contribution in [0.3, 0.4) is 0 Å². The Morgan fingerprint density at radius 2 is 2.05 bits per heavy atom. The van der Waals surface area contributed by atoms with Gasteiger partial charge in [0.05, 0.1) is 0 Å². The Balaban J connectivity index is 1.54. The molecule has 0 amide bonds. The van der Waals surface area contributed by atoms with Crippen LogP contribution in [0.15, 0.2) is 24.3 Å². The third kappa shape index (κ3) is 2.74. The third-order valence-electron chi connectivity index (χ3n) is 5.77. The molecule has 4 rings (SSSR count). The van der Waals surface area contributed by atoms with Gasteiger partial charge < -0.3 is 5.32 Å². The van der Waals surface area contributed by atoms with Crippen LogP contribution in [0.5, 0.6) is 0 Å². The van der Waals surface area contributed by atoms with Crippen molar-refractivity contribution in [2.45, 2.75) is 56.7 Å². The van der Waals surface area contributed by atoms with E-state index in [1.165, 1.54) is 38.5 Å². The van der Waals surface area contributed by atoms with Gasteiger partial charge in [-0.15, -0.1) is 0 Å². The van der Waals surface area contributed by atoms with E-state index in [2.05, 4.69) is 16.3 Å². The molecular weight excluding hydrogens is 263 g/mol. The first-order valence-corrected chi connectivity index (χ1v) is 8.48. The summed E-state index contributed by atoms with van der Waals surface area (Å²) in [7, 11) is 0. The average molecular weight is 288 g/mol. The minimum atomic E-state index is -0.109. The Bertz CT molecular complexity index is 506. The van der Waals surface area contributed by atoms with Crippen LogP contribution in [0, 0.1) is 11.7 Å². The van der Waals surface area contributed by atoms with Crippen molar-refractivity contribution in [3.8, 4) is 0 Å². The SMILES string of the molecule is Fc1cccc(CN2CC(C3CC3)NCC23CCCC3)c1. The number of halogens is 1. The molecule has 21 heavy (non-hydrogen) atoms. The fourth-order valence-electron chi connectivity index (χ4n) is 4.36. The monoisotopic (exact) mass is 288 g/mol. The molecule has 3 fully saturated rings. The zero-order valence-corrected chi connectivity index (χ0v) is 12.7. The molecule has 0 aromatic heterocycles. The van der Waals surface area contributed by atoms with Crippen LogP contribution in [-0.4, -0.2) is 29.6 Å². The van der Waals surface area contributed by atoms with Crippen molar-refractivity contribution >= 4 is 0 Å². The number of rotatable bonds is 3. The lowest BCUT2D eigenvalue weighted by Crippen LogP contribution is -2.63. The maximum atomic E-state index is 13.5. The zero-order valence-electron chi connectivity index (χ0n) is 12.7. The predicted octanol–water partition coefficient (Wildman–Crippen LogP) is 3.32. The second kappa shape index (κ2) is 5.36. The molecule has 1 spiro atoms. The lowest BCUT2D eigenvalue weighted by molar-refractivity contribution is 0.0311. The first-order chi connectivity index (χ1) is 10.3. The van der Waals surface area contributed by atoms with Crippen molar-refractivity contribution in [3.05, 3.63) is 35.6 Å². The number of piperazine rings is 1. The molecule has 2 nitrogen and oxygen atoms in total. The van der Waals surface area contributed by atoms with Crippen LogP contribution in [-0.2, 0) is 6.54 Å². The molecule has 114 valence electrons. The molecule has 1 aromatic rings. The maximum absolute atomic E-state index is 13.5. The fourth-order valence-corrected chi connectivity index (χ4v) is 4.36. The van der Waals surface area contributed by atoms with Gasteiger partial charge in [-0.2, -0.15) is 0 Å². The summed E-state index contributed by atoms with van der Waals surface area (Å²) >= 11 is 0. The van der Waals surface area contributed by atoms with E-state index in [-0.39, 0.29) is 5.82 Å². The number of nitrogens with zero attached hydrogens (tertiary/aromatic N) is 1. The van der Waals surface area contributed by atoms with Gasteiger partial charge in [0.2, 0.25) is 0 Å². The second-order valence-electron chi connectivity index (χ2n) is 7.27. The largest absolute Gasteiger partial charge is 0.311 e. The smallest absolute Gasteiger partial charge is 0.123 e. The van der Waals surface area contributed by atoms with Crippen molar-refractivity contribution in [2.75, 3.05) is 13.1 Å². The summed E-state index contributed by atoms with van der Waals surface area (Å²) in [5, 5.41) is 3.83. The van der Waals surface area contributed by atoms with Gasteiger partial charge in [-0.3, -0.25) is 4.90 Å². The Hall–Kier alpha value is -0.930. The van der Waals surface area contributed by atoms with Crippen LogP contribution in [0.1, 0.15) is 44.1 Å². The highest BCUT2D eigenvalue weighted by molar-refractivity contribution is 5.18. The summed E-state index contributed by atoms with van der Waals surface area (Å²) in [6.45, 7) is 3.17. The van der Waals surface area contributed by atoms with Gasteiger partial charge in [-0.25, -0.2) is 4.39 Å². The highest BCUT2D eigenvalue weighted by atomic mass is 19.1. The minimum absolute atomic E-state index is 0.109. The van der Waals surface area contributed by atoms with Crippen molar-refractivity contribution in [3.63, 3.8) is 0 Å². The Morgan fingerprint density at radius 3 is 2.76 bits per heavy atom. The Kier molecular flexibility index (Phi) is 3.50. The highest BCUT2D eigenvalue weighted by Crippen LogP contribution is 2.41. The average Bonchev–Trinajstić information content (AvgIpc) is 3.22. The van der Waals surface area contributed by atoms with Crippen LogP contribution in [0.4, 0.5) is 4.39 Å². The lowest BCUT2D eigenvalue weighted by Gasteiger charge is -2.48. The second-order valence-corrected chi connectivity index (χ2v) is 7.27. The fraction of sp³-hybridized carbons (Fsp3) is 0.667. The van der Waals surface area contributed by atoms with E-state index in [4.69, 9.17) is 0 Å². The van der Waals surface area contributed by atoms with Crippen molar-refractivity contribution in [2.24, 2.45) is 5.92 Å². The summed E-state index contributed by atoms with van der Waals surface area (Å²) in [6, 6.07) is 7.81. The molecule has 1 saturated heterocycles. The maximum Gasteiger partial charge on any atom is 0.123 e. The standard InChI is InChI=1S/C18H25FN2/c19-16-5-3-4-14(10-16)11-21-12-17(15-6-7-15)20-13-18(21)8-1-2-9-18/h3-5,10,15,17,20H,1-2,6-9,11-13H2. The molecule has 1 atom stereocenters. The molecule has 1 unspecified atom stereocenters. The molecule has 0 bridgehead atoms. The first-order valence-electron chi connectivity index (χ1n) is 8.48. The quantitative estimate of drug-likeness (QED) is 0.918. The van der Waals surface area contributed by atoms with Crippen LogP contribution in [0.2, 0.25) is 0 Å². The molecule has 3 aliphatic rings. The molecule has 1 heterocycles. The van der Waals surface area contributed by atoms with E-state index >= 15 is 0 Å². The predicted molar refractivity (Wildman–Crippen MR) is 82.5 cm³/mol. The Morgan fingerprint density at radius 1 is 1.24 bits per heavy atom. The van der Waals surface area contributed by atoms with Gasteiger partial charge in [-0.1, -0.05) is 25.0 Å². The van der Waals surface area contributed by atoms with Crippen molar-refractivity contribution < 1.29 is 4.39 Å². The van der Waals surface area contributed by atoms with E-state index in [0.717, 1.165) is 31.1 Å². The molecule has 2 aliphatic carbocycles. The van der Waals surface area contributed by atoms with Gasteiger partial charge >= 0.3 is 0 Å². The summed E-state index contributed by atoms with van der Waals surface area (Å²) < 4.78 is 13.5. The summed E-state index contributed by atoms with van der Waals surface area (Å²) in [5.41, 5.74) is 1.45. The summed E-state index contributed by atoms with van der Waals surface area (Å²) in [4.78, 5) is 2.67. The van der Waals surface area contributed by atoms with Gasteiger partial charge in [-0.05, 0) is 49.3 Å². The lowest BCUT2D eigenvalue weighted by atomic mass is 9.89. The number of nitrogens with one attached hydrogen (secondary N) is 1. The Labute approximate surface area is 126 Å². The van der Waals surface area contributed by atoms with Crippen molar-refractivity contribution in [1.29, 1.82) is 0 Å². The minimum Gasteiger partial charge on any atom is -0.311 e. The third-order valence-corrected chi connectivity index (χ3v) is 5.77.